The summed E-state index contributed by atoms with van der Waals surface area (Å²) in [6, 6.07) is 5.06. The topological polar surface area (TPSA) is 121 Å². The van der Waals surface area contributed by atoms with Gasteiger partial charge in [0.2, 0.25) is 0 Å². The molecule has 94 valence electrons. The van der Waals surface area contributed by atoms with Crippen LogP contribution < -0.4 is 40.4 Å². The molecule has 0 saturated carbocycles. The molecule has 0 aliphatic carbocycles. The summed E-state index contributed by atoms with van der Waals surface area (Å²) in [5.41, 5.74) is 6.09. The van der Waals surface area contributed by atoms with E-state index in [0.717, 1.165) is 0 Å². The smallest absolute Gasteiger partial charge is 0.548 e. The van der Waals surface area contributed by atoms with Crippen molar-refractivity contribution in [2.24, 2.45) is 5.73 Å². The summed E-state index contributed by atoms with van der Waals surface area (Å²) in [7, 11) is -4.16. The number of aliphatic carboxylic acids is 1. The first-order valence-electron chi connectivity index (χ1n) is 4.78. The van der Waals surface area contributed by atoms with Crippen molar-refractivity contribution in [3.8, 4) is 0 Å². The van der Waals surface area contributed by atoms with Crippen molar-refractivity contribution in [1.82, 2.24) is 0 Å². The van der Waals surface area contributed by atoms with Crippen molar-refractivity contribution < 1.29 is 52.4 Å². The first kappa shape index (κ1) is 17.6. The van der Waals surface area contributed by atoms with Crippen molar-refractivity contribution in [3.05, 3.63) is 35.4 Å². The molecule has 0 saturated heterocycles. The van der Waals surface area contributed by atoms with Crippen LogP contribution in [-0.2, 0) is 27.1 Å². The summed E-state index contributed by atoms with van der Waals surface area (Å²) >= 11 is 0. The first-order chi connectivity index (χ1) is 7.79. The third-order valence-corrected chi connectivity index (χ3v) is 2.87. The van der Waals surface area contributed by atoms with E-state index in [0.29, 0.717) is 11.1 Å². The molecule has 0 unspecified atom stereocenters. The number of hydrogen-bond acceptors (Lipinski definition) is 5. The fourth-order valence-corrected chi connectivity index (χ4v) is 2.09. The van der Waals surface area contributed by atoms with Gasteiger partial charge in [0.15, 0.2) is 0 Å². The normalized spacial score (nSPS) is 12.6. The van der Waals surface area contributed by atoms with Gasteiger partial charge >= 0.3 is 29.6 Å². The Bertz CT molecular complexity index is 517. The van der Waals surface area contributed by atoms with Crippen molar-refractivity contribution in [2.75, 3.05) is 0 Å². The number of nitrogens with two attached hydrogens (primary N) is 1. The van der Waals surface area contributed by atoms with Crippen molar-refractivity contribution in [1.29, 1.82) is 0 Å². The van der Waals surface area contributed by atoms with E-state index in [1.807, 2.05) is 0 Å². The molecule has 0 amide bonds. The van der Waals surface area contributed by atoms with Crippen LogP contribution in [0.3, 0.4) is 0 Å². The van der Waals surface area contributed by atoms with Gasteiger partial charge in [-0.05, 0) is 17.5 Å². The molecule has 6 nitrogen and oxygen atoms in total. The van der Waals surface area contributed by atoms with Crippen molar-refractivity contribution >= 4 is 16.1 Å². The minimum atomic E-state index is -4.16. The number of carboxylic acids is 1. The standard InChI is InChI=1S/C10H13NO5S.Na/c11-9(10(12)13)5-7-3-1-2-4-8(7)6-17(14,15)16;/h1-4,9H,5-6,11H2,(H,12,13)(H,14,15,16);/q;+1/p-1/t9-;/m1./s1. The van der Waals surface area contributed by atoms with E-state index < -0.39 is 27.9 Å². The molecule has 1 atom stereocenters. The Hall–Kier alpha value is -0.440. The van der Waals surface area contributed by atoms with E-state index in [9.17, 15) is 18.3 Å². The Labute approximate surface area is 127 Å². The summed E-state index contributed by atoms with van der Waals surface area (Å²) in [6.07, 6.45) is -0.0476. The maximum absolute atomic E-state index is 10.8. The first-order valence-corrected chi connectivity index (χ1v) is 6.39. The van der Waals surface area contributed by atoms with Gasteiger partial charge in [-0.3, -0.25) is 4.55 Å². The van der Waals surface area contributed by atoms with Gasteiger partial charge in [0.25, 0.3) is 10.1 Å². The predicted molar refractivity (Wildman–Crippen MR) is 58.4 cm³/mol. The zero-order chi connectivity index (χ0) is 13.1. The molecule has 0 spiro atoms. The molecule has 0 aliphatic heterocycles. The fraction of sp³-hybridized carbons (Fsp3) is 0.300. The van der Waals surface area contributed by atoms with E-state index in [1.165, 1.54) is 6.07 Å². The summed E-state index contributed by atoms with van der Waals surface area (Å²) in [5, 5.41) is 10.5. The Morgan fingerprint density at radius 1 is 1.33 bits per heavy atom. The number of benzene rings is 1. The monoisotopic (exact) mass is 281 g/mol. The third-order valence-electron chi connectivity index (χ3n) is 2.20. The van der Waals surface area contributed by atoms with Crippen LogP contribution in [0.15, 0.2) is 24.3 Å². The average Bonchev–Trinajstić information content (AvgIpc) is 2.18. The van der Waals surface area contributed by atoms with Crippen LogP contribution >= 0.6 is 0 Å². The molecule has 0 fully saturated rings. The van der Waals surface area contributed by atoms with Crippen LogP contribution in [0, 0.1) is 0 Å². The minimum Gasteiger partial charge on any atom is -0.548 e. The maximum Gasteiger partial charge on any atom is 1.00 e. The van der Waals surface area contributed by atoms with Gasteiger partial charge in [0.1, 0.15) is 5.75 Å². The molecule has 18 heavy (non-hydrogen) atoms. The molecular weight excluding hydrogens is 269 g/mol. The van der Waals surface area contributed by atoms with E-state index in [2.05, 4.69) is 0 Å². The zero-order valence-electron chi connectivity index (χ0n) is 9.87. The second kappa shape index (κ2) is 7.22. The van der Waals surface area contributed by atoms with Crippen LogP contribution in [-0.4, -0.2) is 25.0 Å². The van der Waals surface area contributed by atoms with Crippen LogP contribution in [0.25, 0.3) is 0 Å². The Kier molecular flexibility index (Phi) is 7.05. The van der Waals surface area contributed by atoms with Gasteiger partial charge in [-0.25, -0.2) is 0 Å². The third kappa shape index (κ3) is 5.94. The van der Waals surface area contributed by atoms with E-state index in [4.69, 9.17) is 10.3 Å². The van der Waals surface area contributed by atoms with Crippen molar-refractivity contribution in [3.63, 3.8) is 0 Å². The summed E-state index contributed by atoms with van der Waals surface area (Å²) in [6.45, 7) is 0. The Morgan fingerprint density at radius 2 is 1.83 bits per heavy atom. The van der Waals surface area contributed by atoms with Crippen LogP contribution in [0.1, 0.15) is 11.1 Å². The van der Waals surface area contributed by atoms with Crippen molar-refractivity contribution in [2.45, 2.75) is 18.2 Å². The van der Waals surface area contributed by atoms with Gasteiger partial charge in [-0.2, -0.15) is 8.42 Å². The van der Waals surface area contributed by atoms with Crippen LogP contribution in [0.4, 0.5) is 0 Å². The fourth-order valence-electron chi connectivity index (χ4n) is 1.41. The number of rotatable bonds is 5. The predicted octanol–water partition coefficient (Wildman–Crippen LogP) is -4.30. The molecule has 1 aromatic carbocycles. The van der Waals surface area contributed by atoms with Gasteiger partial charge in [-0.1, -0.05) is 24.3 Å². The second-order valence-electron chi connectivity index (χ2n) is 3.62. The molecule has 0 bridgehead atoms. The molecule has 1 rings (SSSR count). The van der Waals surface area contributed by atoms with E-state index in [1.54, 1.807) is 18.2 Å². The van der Waals surface area contributed by atoms with Gasteiger partial charge in [0.05, 0.1) is 5.97 Å². The average molecular weight is 281 g/mol. The quantitative estimate of drug-likeness (QED) is 0.416. The summed E-state index contributed by atoms with van der Waals surface area (Å²) in [4.78, 5) is 10.5. The number of carbonyl (C=O) groups excluding carboxylic acids is 1. The molecular formula is C10H12NNaO5S. The van der Waals surface area contributed by atoms with Crippen LogP contribution in [0.5, 0.6) is 0 Å². The SMILES string of the molecule is N[C@H](Cc1ccccc1CS(=O)(=O)O)C(=O)[O-].[Na+]. The minimum absolute atomic E-state index is 0. The molecule has 0 aromatic heterocycles. The Balaban J connectivity index is 0.00000289. The number of carbonyl (C=O) groups is 1. The number of carboxylic acid groups (broad SMARTS) is 1. The van der Waals surface area contributed by atoms with Gasteiger partial charge in [-0.15, -0.1) is 0 Å². The largest absolute Gasteiger partial charge is 1.00 e. The Morgan fingerprint density at radius 3 is 2.28 bits per heavy atom. The molecule has 8 heteroatoms. The molecule has 1 aromatic rings. The maximum atomic E-state index is 10.8. The van der Waals surface area contributed by atoms with E-state index in [-0.39, 0.29) is 36.0 Å². The summed E-state index contributed by atoms with van der Waals surface area (Å²) < 4.78 is 30.3. The molecule has 0 heterocycles. The summed E-state index contributed by atoms with van der Waals surface area (Å²) in [5.74, 6) is -1.98. The van der Waals surface area contributed by atoms with E-state index >= 15 is 0 Å². The van der Waals surface area contributed by atoms with Crippen LogP contribution in [0.2, 0.25) is 0 Å². The molecule has 0 radical (unpaired) electrons. The zero-order valence-corrected chi connectivity index (χ0v) is 12.7. The van der Waals surface area contributed by atoms with Gasteiger partial charge in [0, 0.05) is 6.04 Å². The van der Waals surface area contributed by atoms with Gasteiger partial charge < -0.3 is 15.6 Å². The molecule has 0 aliphatic rings. The number of hydrogen-bond donors (Lipinski definition) is 2. The molecule has 3 N–H and O–H groups in total. The second-order valence-corrected chi connectivity index (χ2v) is 5.08.